The minimum Gasteiger partial charge on any atom is -0.455 e. The van der Waals surface area contributed by atoms with Gasteiger partial charge in [0.1, 0.15) is 17.6 Å². The minimum absolute atomic E-state index is 0.438. The van der Waals surface area contributed by atoms with Gasteiger partial charge in [-0.15, -0.1) is 0 Å². The Hall–Kier alpha value is -1.02. The third-order valence-corrected chi connectivity index (χ3v) is 3.53. The normalized spacial score (nSPS) is 9.89. The summed E-state index contributed by atoms with van der Waals surface area (Å²) in [5, 5.41) is 9.53. The fourth-order valence-corrected chi connectivity index (χ4v) is 2.64. The summed E-state index contributed by atoms with van der Waals surface area (Å²) in [4.78, 5) is 0. The smallest absolute Gasteiger partial charge is 0.146 e. The topological polar surface area (TPSA) is 33.0 Å². The molecular weight excluding hydrogens is 381 g/mol. The van der Waals surface area contributed by atoms with E-state index in [2.05, 4.69) is 37.9 Å². The highest BCUT2D eigenvalue weighted by atomic mass is 79.9. The van der Waals surface area contributed by atoms with E-state index in [1.807, 2.05) is 12.1 Å². The molecule has 0 N–H and O–H groups in total. The molecule has 0 unspecified atom stereocenters. The van der Waals surface area contributed by atoms with E-state index < -0.39 is 0 Å². The number of ether oxygens (including phenoxy) is 1. The molecule has 2 aromatic carbocycles. The van der Waals surface area contributed by atoms with E-state index in [1.54, 1.807) is 24.3 Å². The van der Waals surface area contributed by atoms with Crippen LogP contribution in [0.4, 0.5) is 0 Å². The van der Waals surface area contributed by atoms with Crippen molar-refractivity contribution in [1.29, 1.82) is 5.26 Å². The highest BCUT2D eigenvalue weighted by molar-refractivity contribution is 9.11. The molecule has 0 aromatic heterocycles. The zero-order valence-electron chi connectivity index (χ0n) is 8.95. The monoisotopic (exact) mass is 385 g/mol. The lowest BCUT2D eigenvalue weighted by molar-refractivity contribution is 0.478. The molecular formula is C13H6Br2ClNO. The van der Waals surface area contributed by atoms with Crippen LogP contribution in [0.5, 0.6) is 11.5 Å². The van der Waals surface area contributed by atoms with Crippen molar-refractivity contribution in [3.05, 3.63) is 55.9 Å². The Morgan fingerprint density at radius 3 is 2.50 bits per heavy atom. The predicted molar refractivity (Wildman–Crippen MR) is 78.1 cm³/mol. The molecule has 0 spiro atoms. The average Bonchev–Trinajstić information content (AvgIpc) is 2.33. The fraction of sp³-hybridized carbons (Fsp3) is 0. The molecule has 0 aliphatic carbocycles. The number of hydrogen-bond acceptors (Lipinski definition) is 2. The van der Waals surface area contributed by atoms with Gasteiger partial charge in [-0.05, 0) is 46.3 Å². The van der Waals surface area contributed by atoms with Gasteiger partial charge in [-0.25, -0.2) is 0 Å². The first-order chi connectivity index (χ1) is 8.60. The predicted octanol–water partition coefficient (Wildman–Crippen LogP) is 5.53. The summed E-state index contributed by atoms with van der Waals surface area (Å²) in [5.41, 5.74) is 0.439. The van der Waals surface area contributed by atoms with Crippen molar-refractivity contribution >= 4 is 43.5 Å². The highest BCUT2D eigenvalue weighted by Crippen LogP contribution is 2.34. The van der Waals surface area contributed by atoms with Crippen molar-refractivity contribution in [1.82, 2.24) is 0 Å². The van der Waals surface area contributed by atoms with Crippen LogP contribution in [0.3, 0.4) is 0 Å². The van der Waals surface area contributed by atoms with Crippen LogP contribution in [-0.4, -0.2) is 0 Å². The first-order valence-electron chi connectivity index (χ1n) is 4.92. The summed E-state index contributed by atoms with van der Waals surface area (Å²) in [6.45, 7) is 0. The van der Waals surface area contributed by atoms with E-state index in [4.69, 9.17) is 21.6 Å². The molecule has 0 bridgehead atoms. The summed E-state index contributed by atoms with van der Waals surface area (Å²) in [6, 6.07) is 12.5. The second-order valence-corrected chi connectivity index (χ2v) is 5.64. The maximum Gasteiger partial charge on any atom is 0.146 e. The van der Waals surface area contributed by atoms with Crippen molar-refractivity contribution in [3.63, 3.8) is 0 Å². The fourth-order valence-electron chi connectivity index (χ4n) is 1.35. The van der Waals surface area contributed by atoms with Gasteiger partial charge in [0.15, 0.2) is 0 Å². The van der Waals surface area contributed by atoms with Crippen molar-refractivity contribution in [2.45, 2.75) is 0 Å². The molecule has 0 saturated carbocycles. The lowest BCUT2D eigenvalue weighted by Gasteiger charge is -2.09. The Labute approximate surface area is 126 Å². The summed E-state index contributed by atoms with van der Waals surface area (Å²) in [7, 11) is 0. The number of nitriles is 1. The lowest BCUT2D eigenvalue weighted by atomic mass is 10.2. The molecule has 18 heavy (non-hydrogen) atoms. The van der Waals surface area contributed by atoms with Crippen molar-refractivity contribution in [3.8, 4) is 17.6 Å². The number of halogens is 3. The van der Waals surface area contributed by atoms with E-state index >= 15 is 0 Å². The first-order valence-corrected chi connectivity index (χ1v) is 6.89. The molecule has 0 amide bonds. The van der Waals surface area contributed by atoms with Crippen LogP contribution in [-0.2, 0) is 0 Å². The Balaban J connectivity index is 2.40. The van der Waals surface area contributed by atoms with Crippen molar-refractivity contribution in [2.75, 3.05) is 0 Å². The van der Waals surface area contributed by atoms with E-state index in [0.717, 1.165) is 8.95 Å². The van der Waals surface area contributed by atoms with Gasteiger partial charge in [-0.3, -0.25) is 0 Å². The van der Waals surface area contributed by atoms with Gasteiger partial charge in [-0.2, -0.15) is 5.26 Å². The van der Waals surface area contributed by atoms with E-state index in [0.29, 0.717) is 22.1 Å². The molecule has 2 nitrogen and oxygen atoms in total. The number of nitrogens with zero attached hydrogens (tertiary/aromatic N) is 1. The summed E-state index contributed by atoms with van der Waals surface area (Å²) < 4.78 is 7.42. The van der Waals surface area contributed by atoms with Gasteiger partial charge in [0.25, 0.3) is 0 Å². The standard InChI is InChI=1S/C13H6Br2ClNO/c14-9-2-4-12(11(15)5-9)18-13-6-10(16)3-1-8(13)7-17/h1-6H. The van der Waals surface area contributed by atoms with Crippen LogP contribution >= 0.6 is 43.5 Å². The van der Waals surface area contributed by atoms with Crippen LogP contribution in [0.2, 0.25) is 5.02 Å². The maximum absolute atomic E-state index is 9.01. The second-order valence-electron chi connectivity index (χ2n) is 3.43. The average molecular weight is 387 g/mol. The van der Waals surface area contributed by atoms with Crippen molar-refractivity contribution < 1.29 is 4.74 Å². The molecule has 0 saturated heterocycles. The van der Waals surface area contributed by atoms with Gasteiger partial charge in [0.2, 0.25) is 0 Å². The Kier molecular flexibility index (Phi) is 4.28. The van der Waals surface area contributed by atoms with Crippen LogP contribution in [0.15, 0.2) is 45.3 Å². The summed E-state index contributed by atoms with van der Waals surface area (Å²) in [5.74, 6) is 1.06. The molecule has 0 fully saturated rings. The number of rotatable bonds is 2. The Morgan fingerprint density at radius 2 is 1.83 bits per heavy atom. The molecule has 90 valence electrons. The quantitative estimate of drug-likeness (QED) is 0.679. The number of benzene rings is 2. The maximum atomic E-state index is 9.01. The zero-order chi connectivity index (χ0) is 13.1. The molecule has 2 rings (SSSR count). The molecule has 0 aliphatic rings. The molecule has 0 aliphatic heterocycles. The molecule has 5 heteroatoms. The third kappa shape index (κ3) is 3.05. The van der Waals surface area contributed by atoms with Crippen LogP contribution < -0.4 is 4.74 Å². The Morgan fingerprint density at radius 1 is 1.06 bits per heavy atom. The molecule has 2 aromatic rings. The zero-order valence-corrected chi connectivity index (χ0v) is 12.9. The van der Waals surface area contributed by atoms with Gasteiger partial charge in [0, 0.05) is 15.6 Å². The third-order valence-electron chi connectivity index (χ3n) is 2.18. The van der Waals surface area contributed by atoms with Gasteiger partial charge < -0.3 is 4.74 Å². The van der Waals surface area contributed by atoms with E-state index in [9.17, 15) is 0 Å². The van der Waals surface area contributed by atoms with Gasteiger partial charge in [-0.1, -0.05) is 27.5 Å². The van der Waals surface area contributed by atoms with Crippen molar-refractivity contribution in [2.24, 2.45) is 0 Å². The SMILES string of the molecule is N#Cc1ccc(Cl)cc1Oc1ccc(Br)cc1Br. The summed E-state index contributed by atoms with van der Waals surface area (Å²) >= 11 is 12.7. The minimum atomic E-state index is 0.438. The molecule has 0 atom stereocenters. The summed E-state index contributed by atoms with van der Waals surface area (Å²) in [6.07, 6.45) is 0. The van der Waals surface area contributed by atoms with E-state index in [-0.39, 0.29) is 0 Å². The van der Waals surface area contributed by atoms with Crippen LogP contribution in [0.1, 0.15) is 5.56 Å². The van der Waals surface area contributed by atoms with Crippen LogP contribution in [0, 0.1) is 11.3 Å². The van der Waals surface area contributed by atoms with E-state index in [1.165, 1.54) is 0 Å². The second kappa shape index (κ2) is 5.75. The highest BCUT2D eigenvalue weighted by Gasteiger charge is 2.08. The van der Waals surface area contributed by atoms with Gasteiger partial charge >= 0.3 is 0 Å². The Bertz CT molecular complexity index is 637. The lowest BCUT2D eigenvalue weighted by Crippen LogP contribution is -1.89. The molecule has 0 heterocycles. The largest absolute Gasteiger partial charge is 0.455 e. The first kappa shape index (κ1) is 13.4. The molecule has 0 radical (unpaired) electrons. The van der Waals surface area contributed by atoms with Crippen LogP contribution in [0.25, 0.3) is 0 Å². The van der Waals surface area contributed by atoms with Gasteiger partial charge in [0.05, 0.1) is 10.0 Å². The number of hydrogen-bond donors (Lipinski definition) is 0.